The largest absolute Gasteiger partial charge is 0.382 e. The summed E-state index contributed by atoms with van der Waals surface area (Å²) < 4.78 is 38.3. The summed E-state index contributed by atoms with van der Waals surface area (Å²) in [5, 5.41) is 16.3. The van der Waals surface area contributed by atoms with Crippen LogP contribution in [0.15, 0.2) is 24.3 Å². The third kappa shape index (κ3) is 6.56. The van der Waals surface area contributed by atoms with Crippen LogP contribution in [0.25, 0.3) is 5.69 Å². The summed E-state index contributed by atoms with van der Waals surface area (Å²) in [6.45, 7) is 2.23. The van der Waals surface area contributed by atoms with Crippen molar-refractivity contribution < 1.29 is 17.6 Å². The Bertz CT molecular complexity index is 1010. The lowest BCUT2D eigenvalue weighted by Crippen LogP contribution is -2.32. The summed E-state index contributed by atoms with van der Waals surface area (Å²) in [5.41, 5.74) is 7.22. The fourth-order valence-electron chi connectivity index (χ4n) is 2.93. The smallest absolute Gasteiger partial charge is 0.235 e. The van der Waals surface area contributed by atoms with Gasteiger partial charge in [0.15, 0.2) is 9.84 Å². The minimum atomic E-state index is -3.40. The molecule has 0 atom stereocenters. The second-order valence-corrected chi connectivity index (χ2v) is 9.14. The quantitative estimate of drug-likeness (QED) is 0.520. The van der Waals surface area contributed by atoms with Crippen molar-refractivity contribution in [1.29, 1.82) is 5.26 Å². The van der Waals surface area contributed by atoms with E-state index in [1.54, 1.807) is 0 Å². The minimum Gasteiger partial charge on any atom is -0.382 e. The molecule has 0 aliphatic carbocycles. The van der Waals surface area contributed by atoms with E-state index in [9.17, 15) is 22.9 Å². The molecule has 1 aromatic carbocycles. The molecule has 8 nitrogen and oxygen atoms in total. The third-order valence-corrected chi connectivity index (χ3v) is 6.11. The normalized spacial score (nSPS) is 11.2. The summed E-state index contributed by atoms with van der Waals surface area (Å²) in [6, 6.07) is 7.57. The highest BCUT2D eigenvalue weighted by Crippen LogP contribution is 2.21. The Hall–Kier alpha value is -2.93. The molecule has 3 N–H and O–H groups in total. The second kappa shape index (κ2) is 10.7. The van der Waals surface area contributed by atoms with Crippen LogP contribution in [0.5, 0.6) is 0 Å². The van der Waals surface area contributed by atoms with E-state index in [0.717, 1.165) is 12.8 Å². The number of hydrogen-bond acceptors (Lipinski definition) is 6. The first-order valence-electron chi connectivity index (χ1n) is 9.78. The Morgan fingerprint density at radius 2 is 1.97 bits per heavy atom. The van der Waals surface area contributed by atoms with Crippen molar-refractivity contribution >= 4 is 21.6 Å². The SMILES string of the molecule is CCCCCS(=O)(=O)CC(=O)NCCCc1nn(-c2ccc(F)cc2)c(N)c1C#N. The molecule has 0 aliphatic rings. The highest BCUT2D eigenvalue weighted by atomic mass is 32.2. The number of rotatable bonds is 11. The van der Waals surface area contributed by atoms with Crippen molar-refractivity contribution in [1.82, 2.24) is 15.1 Å². The van der Waals surface area contributed by atoms with Crippen LogP contribution >= 0.6 is 0 Å². The Balaban J connectivity index is 1.90. The predicted molar refractivity (Wildman–Crippen MR) is 112 cm³/mol. The Labute approximate surface area is 175 Å². The van der Waals surface area contributed by atoms with Crippen molar-refractivity contribution in [2.24, 2.45) is 0 Å². The van der Waals surface area contributed by atoms with E-state index in [4.69, 9.17) is 5.73 Å². The minimum absolute atomic E-state index is 0.0138. The van der Waals surface area contributed by atoms with E-state index >= 15 is 0 Å². The van der Waals surface area contributed by atoms with E-state index in [0.29, 0.717) is 30.6 Å². The van der Waals surface area contributed by atoms with Crippen LogP contribution in [-0.2, 0) is 21.1 Å². The number of carbonyl (C=O) groups is 1. The first-order valence-corrected chi connectivity index (χ1v) is 11.6. The first kappa shape index (κ1) is 23.3. The summed E-state index contributed by atoms with van der Waals surface area (Å²) >= 11 is 0. The van der Waals surface area contributed by atoms with Gasteiger partial charge in [0.2, 0.25) is 5.91 Å². The maximum Gasteiger partial charge on any atom is 0.235 e. The number of nitriles is 1. The van der Waals surface area contributed by atoms with Crippen molar-refractivity contribution in [3.05, 3.63) is 41.3 Å². The van der Waals surface area contributed by atoms with Crippen LogP contribution in [0.2, 0.25) is 0 Å². The highest BCUT2D eigenvalue weighted by molar-refractivity contribution is 7.92. The van der Waals surface area contributed by atoms with Crippen molar-refractivity contribution in [2.75, 3.05) is 23.8 Å². The number of aromatic nitrogens is 2. The molecule has 0 radical (unpaired) electrons. The summed E-state index contributed by atoms with van der Waals surface area (Å²) in [5.74, 6) is -1.29. The molecule has 1 aromatic heterocycles. The van der Waals surface area contributed by atoms with Crippen molar-refractivity contribution in [3.8, 4) is 11.8 Å². The van der Waals surface area contributed by atoms with Crippen LogP contribution in [-0.4, -0.2) is 42.2 Å². The molecule has 0 spiro atoms. The fraction of sp³-hybridized carbons (Fsp3) is 0.450. The van der Waals surface area contributed by atoms with Gasteiger partial charge in [0.25, 0.3) is 0 Å². The maximum absolute atomic E-state index is 13.1. The van der Waals surface area contributed by atoms with Gasteiger partial charge in [-0.2, -0.15) is 10.4 Å². The number of unbranched alkanes of at least 4 members (excludes halogenated alkanes) is 2. The lowest BCUT2D eigenvalue weighted by Gasteiger charge is -2.06. The number of nitrogens with one attached hydrogen (secondary N) is 1. The number of sulfone groups is 1. The van der Waals surface area contributed by atoms with Gasteiger partial charge < -0.3 is 11.1 Å². The molecule has 0 unspecified atom stereocenters. The number of carbonyl (C=O) groups excluding carboxylic acids is 1. The molecule has 1 amide bonds. The van der Waals surface area contributed by atoms with Crippen LogP contribution in [0.1, 0.15) is 43.9 Å². The van der Waals surface area contributed by atoms with Gasteiger partial charge in [-0.1, -0.05) is 19.8 Å². The van der Waals surface area contributed by atoms with E-state index in [1.165, 1.54) is 28.9 Å². The van der Waals surface area contributed by atoms with Gasteiger partial charge in [0.05, 0.1) is 17.1 Å². The van der Waals surface area contributed by atoms with Crippen molar-refractivity contribution in [3.63, 3.8) is 0 Å². The summed E-state index contributed by atoms with van der Waals surface area (Å²) in [4.78, 5) is 11.9. The zero-order valence-corrected chi connectivity index (χ0v) is 17.7. The number of anilines is 1. The topological polar surface area (TPSA) is 131 Å². The molecule has 10 heteroatoms. The van der Waals surface area contributed by atoms with Crippen molar-refractivity contribution in [2.45, 2.75) is 39.0 Å². The van der Waals surface area contributed by atoms with Gasteiger partial charge >= 0.3 is 0 Å². The number of amides is 1. The molecule has 0 saturated carbocycles. The van der Waals surface area contributed by atoms with Crippen LogP contribution < -0.4 is 11.1 Å². The van der Waals surface area contributed by atoms with Gasteiger partial charge in [0.1, 0.15) is 29.0 Å². The average Bonchev–Trinajstić information content (AvgIpc) is 3.01. The second-order valence-electron chi connectivity index (χ2n) is 6.96. The number of aryl methyl sites for hydroxylation is 1. The molecule has 0 fully saturated rings. The molecular formula is C20H26FN5O3S. The maximum atomic E-state index is 13.1. The van der Waals surface area contributed by atoms with Crippen LogP contribution in [0.3, 0.4) is 0 Å². The molecule has 162 valence electrons. The summed E-state index contributed by atoms with van der Waals surface area (Å²) in [6.07, 6.45) is 3.10. The highest BCUT2D eigenvalue weighted by Gasteiger charge is 2.18. The number of benzene rings is 1. The number of nitrogen functional groups attached to an aromatic ring is 1. The number of halogens is 1. The Morgan fingerprint density at radius 3 is 2.60 bits per heavy atom. The van der Waals surface area contributed by atoms with E-state index < -0.39 is 27.3 Å². The van der Waals surface area contributed by atoms with Gasteiger partial charge in [-0.15, -0.1) is 0 Å². The Morgan fingerprint density at radius 1 is 1.27 bits per heavy atom. The van der Waals surface area contributed by atoms with Gasteiger partial charge in [-0.05, 0) is 43.5 Å². The van der Waals surface area contributed by atoms with Crippen LogP contribution in [0, 0.1) is 17.1 Å². The van der Waals surface area contributed by atoms with E-state index in [-0.39, 0.29) is 23.7 Å². The molecule has 1 heterocycles. The third-order valence-electron chi connectivity index (χ3n) is 4.50. The van der Waals surface area contributed by atoms with Gasteiger partial charge in [-0.3, -0.25) is 4.79 Å². The first-order chi connectivity index (χ1) is 14.3. The molecule has 0 aliphatic heterocycles. The molecule has 30 heavy (non-hydrogen) atoms. The standard InChI is InChI=1S/C20H26FN5O3S/c1-2-3-4-12-30(28,29)14-19(27)24-11-5-6-18-17(13-22)20(23)26(25-18)16-9-7-15(21)8-10-16/h7-10H,2-6,11-12,14,23H2,1H3,(H,24,27). The average molecular weight is 436 g/mol. The van der Waals surface area contributed by atoms with E-state index in [2.05, 4.69) is 10.4 Å². The number of hydrogen-bond donors (Lipinski definition) is 2. The molecule has 2 aromatic rings. The van der Waals surface area contributed by atoms with E-state index in [1.807, 2.05) is 13.0 Å². The Kier molecular flexibility index (Phi) is 8.35. The zero-order chi connectivity index (χ0) is 22.1. The molecule has 0 saturated heterocycles. The van der Waals surface area contributed by atoms with Crippen LogP contribution in [0.4, 0.5) is 10.2 Å². The molecular weight excluding hydrogens is 409 g/mol. The van der Waals surface area contributed by atoms with Gasteiger partial charge in [0, 0.05) is 6.54 Å². The number of nitrogens with two attached hydrogens (primary N) is 1. The zero-order valence-electron chi connectivity index (χ0n) is 16.9. The monoisotopic (exact) mass is 435 g/mol. The lowest BCUT2D eigenvalue weighted by atomic mass is 10.1. The number of nitrogens with zero attached hydrogens (tertiary/aromatic N) is 3. The molecule has 2 rings (SSSR count). The fourth-order valence-corrected chi connectivity index (χ4v) is 4.22. The molecule has 0 bridgehead atoms. The summed E-state index contributed by atoms with van der Waals surface area (Å²) in [7, 11) is -3.40. The predicted octanol–water partition coefficient (Wildman–Crippen LogP) is 2.12. The lowest BCUT2D eigenvalue weighted by molar-refractivity contribution is -0.118. The van der Waals surface area contributed by atoms with Gasteiger partial charge in [-0.25, -0.2) is 17.5 Å².